The van der Waals surface area contributed by atoms with Crippen LogP contribution in [0.4, 0.5) is 4.79 Å². The van der Waals surface area contributed by atoms with E-state index in [1.807, 2.05) is 0 Å². The molecule has 2 aliphatic rings. The lowest BCUT2D eigenvalue weighted by molar-refractivity contribution is -0.177. The minimum Gasteiger partial charge on any atom is -0.378 e. The molecule has 0 saturated heterocycles. The van der Waals surface area contributed by atoms with E-state index in [2.05, 4.69) is 46.2 Å². The maximum absolute atomic E-state index is 12.1. The summed E-state index contributed by atoms with van der Waals surface area (Å²) < 4.78 is 7.67. The van der Waals surface area contributed by atoms with Crippen molar-refractivity contribution in [2.45, 2.75) is 64.8 Å². The van der Waals surface area contributed by atoms with E-state index in [9.17, 15) is 4.79 Å². The average Bonchev–Trinajstić information content (AvgIpc) is 3.08. The Kier molecular flexibility index (Phi) is 3.63. The molecule has 1 aromatic rings. The number of hydrogen-bond donors (Lipinski definition) is 2. The SMILES string of the molecule is CO[C@@]1(C)C[C@@H](NC(=O)NCc2nnc3n2CCC3)C1(C)C. The van der Waals surface area contributed by atoms with Gasteiger partial charge in [0.25, 0.3) is 0 Å². The average molecular weight is 307 g/mol. The van der Waals surface area contributed by atoms with E-state index in [0.29, 0.717) is 6.54 Å². The Labute approximate surface area is 130 Å². The molecule has 2 heterocycles. The fraction of sp³-hybridized carbons (Fsp3) is 0.800. The number of aryl methyl sites for hydroxylation is 1. The van der Waals surface area contributed by atoms with Gasteiger partial charge in [-0.3, -0.25) is 0 Å². The number of rotatable bonds is 4. The zero-order valence-electron chi connectivity index (χ0n) is 13.8. The van der Waals surface area contributed by atoms with Gasteiger partial charge in [0.05, 0.1) is 12.1 Å². The lowest BCUT2D eigenvalue weighted by Crippen LogP contribution is -2.69. The van der Waals surface area contributed by atoms with Crippen LogP contribution >= 0.6 is 0 Å². The molecule has 0 unspecified atom stereocenters. The highest BCUT2D eigenvalue weighted by molar-refractivity contribution is 5.74. The summed E-state index contributed by atoms with van der Waals surface area (Å²) in [5, 5.41) is 14.2. The number of fused-ring (bicyclic) bond motifs is 1. The van der Waals surface area contributed by atoms with Crippen LogP contribution in [0.1, 0.15) is 45.3 Å². The zero-order valence-corrected chi connectivity index (χ0v) is 13.8. The molecule has 22 heavy (non-hydrogen) atoms. The predicted molar refractivity (Wildman–Crippen MR) is 81.3 cm³/mol. The first-order valence-electron chi connectivity index (χ1n) is 7.88. The van der Waals surface area contributed by atoms with Gasteiger partial charge in [-0.1, -0.05) is 13.8 Å². The number of aromatic nitrogens is 3. The Morgan fingerprint density at radius 2 is 2.18 bits per heavy atom. The largest absolute Gasteiger partial charge is 0.378 e. The van der Waals surface area contributed by atoms with E-state index < -0.39 is 0 Å². The number of carbonyl (C=O) groups excluding carboxylic acids is 1. The molecule has 3 rings (SSSR count). The van der Waals surface area contributed by atoms with Crippen LogP contribution in [0.25, 0.3) is 0 Å². The number of ether oxygens (including phenoxy) is 1. The van der Waals surface area contributed by atoms with Crippen molar-refractivity contribution in [1.29, 1.82) is 0 Å². The maximum Gasteiger partial charge on any atom is 0.315 e. The topological polar surface area (TPSA) is 81.1 Å². The molecule has 122 valence electrons. The lowest BCUT2D eigenvalue weighted by Gasteiger charge is -2.59. The van der Waals surface area contributed by atoms with Crippen LogP contribution in [0, 0.1) is 5.41 Å². The number of hydrogen-bond acceptors (Lipinski definition) is 4. The molecule has 7 heteroatoms. The van der Waals surface area contributed by atoms with Gasteiger partial charge < -0.3 is 19.9 Å². The van der Waals surface area contributed by atoms with E-state index in [-0.39, 0.29) is 23.1 Å². The summed E-state index contributed by atoms with van der Waals surface area (Å²) in [6.45, 7) is 7.69. The number of methoxy groups -OCH3 is 1. The van der Waals surface area contributed by atoms with Gasteiger partial charge in [-0.15, -0.1) is 10.2 Å². The normalized spacial score (nSPS) is 28.8. The number of urea groups is 1. The third kappa shape index (κ3) is 2.27. The predicted octanol–water partition coefficient (Wildman–Crippen LogP) is 1.23. The number of amides is 2. The van der Waals surface area contributed by atoms with Crippen molar-refractivity contribution in [1.82, 2.24) is 25.4 Å². The van der Waals surface area contributed by atoms with E-state index in [0.717, 1.165) is 37.5 Å². The summed E-state index contributed by atoms with van der Waals surface area (Å²) in [6.07, 6.45) is 2.91. The molecular weight excluding hydrogens is 282 g/mol. The van der Waals surface area contributed by atoms with Gasteiger partial charge in [0.15, 0.2) is 5.82 Å². The molecule has 2 amide bonds. The molecule has 2 N–H and O–H groups in total. The fourth-order valence-corrected chi connectivity index (χ4v) is 3.43. The Hall–Kier alpha value is -1.63. The van der Waals surface area contributed by atoms with Gasteiger partial charge in [-0.05, 0) is 19.8 Å². The molecule has 7 nitrogen and oxygen atoms in total. The minimum absolute atomic E-state index is 0.0881. The summed E-state index contributed by atoms with van der Waals surface area (Å²) in [4.78, 5) is 12.1. The fourth-order valence-electron chi connectivity index (χ4n) is 3.43. The summed E-state index contributed by atoms with van der Waals surface area (Å²) in [5.74, 6) is 1.85. The highest BCUT2D eigenvalue weighted by Crippen LogP contribution is 2.51. The van der Waals surface area contributed by atoms with Crippen LogP contribution in [0.15, 0.2) is 0 Å². The van der Waals surface area contributed by atoms with Crippen molar-refractivity contribution >= 4 is 6.03 Å². The number of nitrogens with zero attached hydrogens (tertiary/aromatic N) is 3. The van der Waals surface area contributed by atoms with Gasteiger partial charge in [0.2, 0.25) is 0 Å². The van der Waals surface area contributed by atoms with Crippen molar-refractivity contribution in [3.05, 3.63) is 11.6 Å². The van der Waals surface area contributed by atoms with Crippen LogP contribution in [-0.2, 0) is 24.2 Å². The molecule has 1 saturated carbocycles. The van der Waals surface area contributed by atoms with Gasteiger partial charge in [0.1, 0.15) is 5.82 Å². The number of carbonyl (C=O) groups is 1. The lowest BCUT2D eigenvalue weighted by atomic mass is 9.56. The van der Waals surface area contributed by atoms with E-state index in [1.165, 1.54) is 0 Å². The van der Waals surface area contributed by atoms with Crippen molar-refractivity contribution in [2.75, 3.05) is 7.11 Å². The highest BCUT2D eigenvalue weighted by Gasteiger charge is 2.58. The third-order valence-corrected chi connectivity index (χ3v) is 5.68. The minimum atomic E-state index is -0.182. The molecule has 2 atom stereocenters. The van der Waals surface area contributed by atoms with Crippen LogP contribution in [0.2, 0.25) is 0 Å². The standard InChI is InChI=1S/C15H25N5O2/c1-14(2)10(8-15(14,3)22-4)17-13(21)16-9-12-19-18-11-6-5-7-20(11)12/h10H,5-9H2,1-4H3,(H2,16,17,21)/t10-,15+/m1/s1. The molecule has 1 aliphatic heterocycles. The number of nitrogens with one attached hydrogen (secondary N) is 2. The quantitative estimate of drug-likeness (QED) is 0.876. The molecule has 0 bridgehead atoms. The smallest absolute Gasteiger partial charge is 0.315 e. The molecule has 0 radical (unpaired) electrons. The van der Waals surface area contributed by atoms with E-state index in [4.69, 9.17) is 4.74 Å². The summed E-state index contributed by atoms with van der Waals surface area (Å²) >= 11 is 0. The monoisotopic (exact) mass is 307 g/mol. The van der Waals surface area contributed by atoms with Gasteiger partial charge >= 0.3 is 6.03 Å². The van der Waals surface area contributed by atoms with Gasteiger partial charge in [-0.25, -0.2) is 4.79 Å². The zero-order chi connectivity index (χ0) is 16.0. The van der Waals surface area contributed by atoms with Gasteiger partial charge in [-0.2, -0.15) is 0 Å². The third-order valence-electron chi connectivity index (χ3n) is 5.68. The molecule has 0 aromatic carbocycles. The Bertz CT molecular complexity index is 582. The van der Waals surface area contributed by atoms with E-state index >= 15 is 0 Å². The molecule has 1 aromatic heterocycles. The Balaban J connectivity index is 1.51. The highest BCUT2D eigenvalue weighted by atomic mass is 16.5. The molecule has 1 aliphatic carbocycles. The molecule has 1 fully saturated rings. The Morgan fingerprint density at radius 3 is 2.86 bits per heavy atom. The van der Waals surface area contributed by atoms with Crippen molar-refractivity contribution < 1.29 is 9.53 Å². The first-order chi connectivity index (χ1) is 10.4. The first-order valence-corrected chi connectivity index (χ1v) is 7.88. The summed E-state index contributed by atoms with van der Waals surface area (Å²) in [6, 6.07) is -0.0480. The van der Waals surface area contributed by atoms with Gasteiger partial charge in [0, 0.05) is 31.5 Å². The molecular formula is C15H25N5O2. The molecule has 0 spiro atoms. The van der Waals surface area contributed by atoms with Crippen LogP contribution in [0.3, 0.4) is 0 Å². The van der Waals surface area contributed by atoms with E-state index in [1.54, 1.807) is 7.11 Å². The van der Waals surface area contributed by atoms with Crippen LogP contribution in [0.5, 0.6) is 0 Å². The second kappa shape index (κ2) is 5.22. The maximum atomic E-state index is 12.1. The van der Waals surface area contributed by atoms with Crippen LogP contribution < -0.4 is 10.6 Å². The second-order valence-electron chi connectivity index (χ2n) is 7.03. The first kappa shape index (κ1) is 15.3. The van der Waals surface area contributed by atoms with Crippen molar-refractivity contribution in [2.24, 2.45) is 5.41 Å². The summed E-state index contributed by atoms with van der Waals surface area (Å²) in [7, 11) is 1.73. The van der Waals surface area contributed by atoms with Crippen molar-refractivity contribution in [3.8, 4) is 0 Å². The summed E-state index contributed by atoms with van der Waals surface area (Å²) in [5.41, 5.74) is -0.270. The van der Waals surface area contributed by atoms with Crippen molar-refractivity contribution in [3.63, 3.8) is 0 Å². The van der Waals surface area contributed by atoms with Crippen LogP contribution in [-0.4, -0.2) is 39.5 Å². The second-order valence-corrected chi connectivity index (χ2v) is 7.03. The Morgan fingerprint density at radius 1 is 1.41 bits per heavy atom.